The predicted molar refractivity (Wildman–Crippen MR) is 66.6 cm³/mol. The fourth-order valence-corrected chi connectivity index (χ4v) is 1.93. The van der Waals surface area contributed by atoms with Gasteiger partial charge in [-0.05, 0) is 19.1 Å². The van der Waals surface area contributed by atoms with Crippen LogP contribution in [0.3, 0.4) is 0 Å². The molecule has 0 aliphatic carbocycles. The normalized spacial score (nSPS) is 14.9. The number of hydrogen-bond donors (Lipinski definition) is 1. The second-order valence-corrected chi connectivity index (χ2v) is 4.28. The average molecular weight is 276 g/mol. The Morgan fingerprint density at radius 1 is 1.20 bits per heavy atom. The number of fused-ring (bicyclic) bond motifs is 1. The molecular weight excluding hydrogens is 264 g/mol. The van der Waals surface area contributed by atoms with Crippen molar-refractivity contribution in [2.24, 2.45) is 5.73 Å². The first-order chi connectivity index (χ1) is 9.43. The summed E-state index contributed by atoms with van der Waals surface area (Å²) in [5.74, 6) is -2.80. The van der Waals surface area contributed by atoms with Crippen molar-refractivity contribution in [2.45, 2.75) is 13.0 Å². The highest BCUT2D eigenvalue weighted by Crippen LogP contribution is 2.24. The van der Waals surface area contributed by atoms with E-state index in [1.165, 1.54) is 19.1 Å². The van der Waals surface area contributed by atoms with Crippen LogP contribution in [0.25, 0.3) is 0 Å². The number of nitrogens with two attached hydrogens (primary N) is 1. The first-order valence-electron chi connectivity index (χ1n) is 5.85. The molecule has 0 spiro atoms. The molecule has 0 radical (unpaired) electrons. The molecular formula is C13H12N2O5. The van der Waals surface area contributed by atoms with Crippen LogP contribution in [0.5, 0.6) is 0 Å². The van der Waals surface area contributed by atoms with Crippen LogP contribution in [0.1, 0.15) is 27.6 Å². The third kappa shape index (κ3) is 2.25. The molecule has 0 unspecified atom stereocenters. The third-order valence-electron chi connectivity index (χ3n) is 2.91. The van der Waals surface area contributed by atoms with Crippen molar-refractivity contribution in [3.63, 3.8) is 0 Å². The maximum absolute atomic E-state index is 12.1. The van der Waals surface area contributed by atoms with Crippen molar-refractivity contribution in [1.82, 2.24) is 4.90 Å². The van der Waals surface area contributed by atoms with E-state index < -0.39 is 36.3 Å². The molecule has 2 N–H and O–H groups in total. The van der Waals surface area contributed by atoms with Gasteiger partial charge in [-0.25, -0.2) is 4.79 Å². The third-order valence-corrected chi connectivity index (χ3v) is 2.91. The lowest BCUT2D eigenvalue weighted by atomic mass is 10.1. The van der Waals surface area contributed by atoms with Gasteiger partial charge in [0.15, 0.2) is 6.61 Å². The highest BCUT2D eigenvalue weighted by Gasteiger charge is 2.41. The van der Waals surface area contributed by atoms with E-state index in [4.69, 9.17) is 5.73 Å². The van der Waals surface area contributed by atoms with Crippen molar-refractivity contribution in [1.29, 1.82) is 0 Å². The number of ether oxygens (including phenoxy) is 1. The number of amides is 3. The smallest absolute Gasteiger partial charge is 0.329 e. The molecule has 104 valence electrons. The lowest BCUT2D eigenvalue weighted by Gasteiger charge is -2.20. The largest absolute Gasteiger partial charge is 0.454 e. The number of imide groups is 1. The lowest BCUT2D eigenvalue weighted by molar-refractivity contribution is -0.151. The van der Waals surface area contributed by atoms with Crippen molar-refractivity contribution in [3.05, 3.63) is 35.4 Å². The fourth-order valence-electron chi connectivity index (χ4n) is 1.93. The second kappa shape index (κ2) is 5.12. The van der Waals surface area contributed by atoms with E-state index >= 15 is 0 Å². The molecule has 1 atom stereocenters. The topological polar surface area (TPSA) is 107 Å². The van der Waals surface area contributed by atoms with E-state index in [2.05, 4.69) is 4.74 Å². The fraction of sp³-hybridized carbons (Fsp3) is 0.231. The van der Waals surface area contributed by atoms with Gasteiger partial charge in [0, 0.05) is 0 Å². The molecule has 1 aromatic carbocycles. The van der Waals surface area contributed by atoms with E-state index in [1.54, 1.807) is 12.1 Å². The molecule has 1 heterocycles. The van der Waals surface area contributed by atoms with E-state index in [0.29, 0.717) is 0 Å². The maximum Gasteiger partial charge on any atom is 0.329 e. The van der Waals surface area contributed by atoms with Crippen LogP contribution in [0.2, 0.25) is 0 Å². The minimum absolute atomic E-state index is 0.243. The van der Waals surface area contributed by atoms with Gasteiger partial charge in [-0.3, -0.25) is 19.3 Å². The molecule has 0 bridgehead atoms. The van der Waals surface area contributed by atoms with Crippen LogP contribution in [0, 0.1) is 0 Å². The van der Waals surface area contributed by atoms with Crippen LogP contribution in [-0.2, 0) is 14.3 Å². The molecule has 1 aliphatic rings. The first-order valence-corrected chi connectivity index (χ1v) is 5.85. The molecule has 0 fully saturated rings. The standard InChI is InChI=1S/C13H12N2O5/c1-7(13(19)20-6-10(14)16)15-11(17)8-4-2-3-5-9(8)12(15)18/h2-5,7H,6H2,1H3,(H2,14,16)/t7-/m0/s1. The van der Waals surface area contributed by atoms with Crippen LogP contribution >= 0.6 is 0 Å². The molecule has 1 aromatic rings. The number of esters is 1. The summed E-state index contributed by atoms with van der Waals surface area (Å²) in [7, 11) is 0. The summed E-state index contributed by atoms with van der Waals surface area (Å²) in [6.45, 7) is 0.761. The van der Waals surface area contributed by atoms with Gasteiger partial charge in [-0.15, -0.1) is 0 Å². The van der Waals surface area contributed by atoms with Crippen molar-refractivity contribution in [2.75, 3.05) is 6.61 Å². The molecule has 0 saturated carbocycles. The maximum atomic E-state index is 12.1. The number of nitrogens with zero attached hydrogens (tertiary/aromatic N) is 1. The number of hydrogen-bond acceptors (Lipinski definition) is 5. The van der Waals surface area contributed by atoms with Crippen LogP contribution < -0.4 is 5.73 Å². The minimum atomic E-state index is -1.12. The monoisotopic (exact) mass is 276 g/mol. The van der Waals surface area contributed by atoms with E-state index in [1.807, 2.05) is 0 Å². The number of benzene rings is 1. The molecule has 1 aliphatic heterocycles. The Hall–Kier alpha value is -2.70. The Morgan fingerprint density at radius 2 is 1.70 bits per heavy atom. The quantitative estimate of drug-likeness (QED) is 0.600. The number of primary amides is 1. The lowest BCUT2D eigenvalue weighted by Crippen LogP contribution is -2.44. The first kappa shape index (κ1) is 13.7. The summed E-state index contributed by atoms with van der Waals surface area (Å²) in [5, 5.41) is 0. The van der Waals surface area contributed by atoms with Gasteiger partial charge in [0.2, 0.25) is 0 Å². The molecule has 0 aromatic heterocycles. The van der Waals surface area contributed by atoms with Crippen molar-refractivity contribution < 1.29 is 23.9 Å². The molecule has 7 heteroatoms. The van der Waals surface area contributed by atoms with E-state index in [9.17, 15) is 19.2 Å². The Kier molecular flexibility index (Phi) is 3.51. The van der Waals surface area contributed by atoms with Gasteiger partial charge >= 0.3 is 5.97 Å². The van der Waals surface area contributed by atoms with Gasteiger partial charge < -0.3 is 10.5 Å². The second-order valence-electron chi connectivity index (χ2n) is 4.28. The van der Waals surface area contributed by atoms with E-state index in [-0.39, 0.29) is 11.1 Å². The zero-order valence-electron chi connectivity index (χ0n) is 10.7. The molecule has 3 amide bonds. The summed E-state index contributed by atoms with van der Waals surface area (Å²) in [4.78, 5) is 47.3. The van der Waals surface area contributed by atoms with Gasteiger partial charge in [0.1, 0.15) is 6.04 Å². The zero-order chi connectivity index (χ0) is 14.9. The van der Waals surface area contributed by atoms with Crippen LogP contribution in [-0.4, -0.2) is 41.2 Å². The molecule has 2 rings (SSSR count). The zero-order valence-corrected chi connectivity index (χ0v) is 10.7. The summed E-state index contributed by atoms with van der Waals surface area (Å²) >= 11 is 0. The SMILES string of the molecule is C[C@@H](C(=O)OCC(N)=O)N1C(=O)c2ccccc2C1=O. The van der Waals surface area contributed by atoms with Crippen LogP contribution in [0.4, 0.5) is 0 Å². The summed E-state index contributed by atoms with van der Waals surface area (Å²) < 4.78 is 4.61. The molecule has 7 nitrogen and oxygen atoms in total. The Morgan fingerprint density at radius 3 is 2.15 bits per heavy atom. The van der Waals surface area contributed by atoms with Crippen molar-refractivity contribution >= 4 is 23.7 Å². The van der Waals surface area contributed by atoms with Gasteiger partial charge in [-0.2, -0.15) is 0 Å². The van der Waals surface area contributed by atoms with Crippen LogP contribution in [0.15, 0.2) is 24.3 Å². The van der Waals surface area contributed by atoms with Gasteiger partial charge in [0.05, 0.1) is 11.1 Å². The summed E-state index contributed by atoms with van der Waals surface area (Å²) in [6.07, 6.45) is 0. The Balaban J connectivity index is 2.19. The van der Waals surface area contributed by atoms with Gasteiger partial charge in [-0.1, -0.05) is 12.1 Å². The molecule has 0 saturated heterocycles. The number of carbonyl (C=O) groups is 4. The highest BCUT2D eigenvalue weighted by molar-refractivity contribution is 6.22. The van der Waals surface area contributed by atoms with Crippen molar-refractivity contribution in [3.8, 4) is 0 Å². The summed E-state index contributed by atoms with van der Waals surface area (Å²) in [6, 6.07) is 5.16. The Labute approximate surface area is 114 Å². The van der Waals surface area contributed by atoms with Gasteiger partial charge in [0.25, 0.3) is 17.7 Å². The Bertz CT molecular complexity index is 576. The predicted octanol–water partition coefficient (Wildman–Crippen LogP) is -0.300. The summed E-state index contributed by atoms with van der Waals surface area (Å²) in [5.41, 5.74) is 5.34. The molecule has 20 heavy (non-hydrogen) atoms. The van der Waals surface area contributed by atoms with E-state index in [0.717, 1.165) is 4.90 Å². The number of rotatable bonds is 4. The number of carbonyl (C=O) groups excluding carboxylic acids is 4. The average Bonchev–Trinajstić information content (AvgIpc) is 2.68. The highest BCUT2D eigenvalue weighted by atomic mass is 16.5. The minimum Gasteiger partial charge on any atom is -0.454 e.